The van der Waals surface area contributed by atoms with E-state index in [9.17, 15) is 9.59 Å². The van der Waals surface area contributed by atoms with Gasteiger partial charge in [0, 0.05) is 6.42 Å². The Kier molecular flexibility index (Phi) is 25.8. The zero-order valence-electron chi connectivity index (χ0n) is 19.1. The largest absolute Gasteiger partial charge is 0.481 e. The van der Waals surface area contributed by atoms with E-state index in [1.807, 2.05) is 0 Å². The van der Waals surface area contributed by atoms with Crippen LogP contribution in [0.25, 0.3) is 0 Å². The molecule has 176 valence electrons. The number of rotatable bonds is 19. The number of carboxylic acid groups (broad SMARTS) is 2. The van der Waals surface area contributed by atoms with Crippen molar-refractivity contribution < 1.29 is 19.8 Å². The van der Waals surface area contributed by atoms with Gasteiger partial charge >= 0.3 is 11.9 Å². The molecule has 6 heteroatoms. The van der Waals surface area contributed by atoms with Gasteiger partial charge in [-0.25, -0.2) is 0 Å². The number of allylic oxidation sites excluding steroid dienone is 4. The number of hydrogen-bond acceptors (Lipinski definition) is 4. The molecule has 6 nitrogen and oxygen atoms in total. The lowest BCUT2D eigenvalue weighted by Crippen LogP contribution is -2.29. The first-order chi connectivity index (χ1) is 14.5. The normalized spacial score (nSPS) is 12.1. The molecular weight excluding hydrogens is 380 g/mol. The number of carbonyl (C=O) groups is 2. The Bertz CT molecular complexity index is 450. The van der Waals surface area contributed by atoms with Gasteiger partial charge in [-0.3, -0.25) is 9.59 Å². The maximum atomic E-state index is 10.3. The minimum Gasteiger partial charge on any atom is -0.481 e. The van der Waals surface area contributed by atoms with E-state index in [1.54, 1.807) is 0 Å². The van der Waals surface area contributed by atoms with E-state index in [1.165, 1.54) is 44.9 Å². The summed E-state index contributed by atoms with van der Waals surface area (Å²) in [7, 11) is 0. The molecule has 30 heavy (non-hydrogen) atoms. The summed E-state index contributed by atoms with van der Waals surface area (Å²) < 4.78 is 0. The molecule has 0 bridgehead atoms. The van der Waals surface area contributed by atoms with E-state index in [-0.39, 0.29) is 0 Å². The highest BCUT2D eigenvalue weighted by atomic mass is 16.4. The van der Waals surface area contributed by atoms with E-state index in [2.05, 4.69) is 31.2 Å². The molecule has 0 aliphatic rings. The summed E-state index contributed by atoms with van der Waals surface area (Å²) in [5.74, 6) is -1.60. The topological polar surface area (TPSA) is 127 Å². The Labute approximate surface area is 183 Å². The van der Waals surface area contributed by atoms with Crippen LogP contribution in [0, 0.1) is 0 Å². The Morgan fingerprint density at radius 1 is 0.800 bits per heavy atom. The van der Waals surface area contributed by atoms with Crippen molar-refractivity contribution in [2.45, 2.75) is 109 Å². The van der Waals surface area contributed by atoms with Gasteiger partial charge in [-0.05, 0) is 57.9 Å². The van der Waals surface area contributed by atoms with Crippen LogP contribution in [0.15, 0.2) is 24.3 Å². The third-order valence-corrected chi connectivity index (χ3v) is 4.63. The van der Waals surface area contributed by atoms with Gasteiger partial charge in [0.25, 0.3) is 0 Å². The van der Waals surface area contributed by atoms with Crippen LogP contribution >= 0.6 is 0 Å². The zero-order valence-corrected chi connectivity index (χ0v) is 19.1. The minimum atomic E-state index is -0.933. The molecule has 6 N–H and O–H groups in total. The second-order valence-corrected chi connectivity index (χ2v) is 7.60. The fraction of sp³-hybridized carbons (Fsp3) is 0.750. The van der Waals surface area contributed by atoms with Crippen molar-refractivity contribution in [3.63, 3.8) is 0 Å². The molecule has 0 aliphatic carbocycles. The average Bonchev–Trinajstić information content (AvgIpc) is 2.71. The van der Waals surface area contributed by atoms with Crippen molar-refractivity contribution in [1.82, 2.24) is 0 Å². The van der Waals surface area contributed by atoms with Gasteiger partial charge in [0.2, 0.25) is 0 Å². The number of nitrogens with two attached hydrogens (primary N) is 2. The number of hydrogen-bond donors (Lipinski definition) is 4. The van der Waals surface area contributed by atoms with Gasteiger partial charge in [-0.2, -0.15) is 0 Å². The average molecular weight is 427 g/mol. The van der Waals surface area contributed by atoms with E-state index in [4.69, 9.17) is 21.7 Å². The highest BCUT2D eigenvalue weighted by molar-refractivity contribution is 5.72. The highest BCUT2D eigenvalue weighted by Gasteiger charge is 2.09. The van der Waals surface area contributed by atoms with Gasteiger partial charge in [0.1, 0.15) is 6.04 Å². The first-order valence-corrected chi connectivity index (χ1v) is 11.7. The van der Waals surface area contributed by atoms with Gasteiger partial charge in [0.05, 0.1) is 0 Å². The van der Waals surface area contributed by atoms with Crippen LogP contribution in [0.1, 0.15) is 103 Å². The standard InChI is InChI=1S/C18H32O2.C6H14N2O2/c1-2-3-4-5-6-7-8-9-10-11-12-13-14-15-16-17-18(19)20;7-4-2-1-3-5(8)6(9)10/h6-7,9-10H,2-5,8,11-17H2,1H3,(H,19,20);5H,1-4,7-8H2,(H,9,10)/b7-6-,10-9-;/t;5-/m.0/s1. The Morgan fingerprint density at radius 3 is 1.90 bits per heavy atom. The summed E-state index contributed by atoms with van der Waals surface area (Å²) in [6.45, 7) is 2.84. The predicted molar refractivity (Wildman–Crippen MR) is 126 cm³/mol. The lowest BCUT2D eigenvalue weighted by atomic mass is 10.1. The lowest BCUT2D eigenvalue weighted by molar-refractivity contribution is -0.139. The monoisotopic (exact) mass is 426 g/mol. The summed E-state index contributed by atoms with van der Waals surface area (Å²) in [6.07, 6.45) is 24.4. The summed E-state index contributed by atoms with van der Waals surface area (Å²) in [5.41, 5.74) is 10.4. The minimum absolute atomic E-state index is 0.324. The molecule has 0 aromatic heterocycles. The van der Waals surface area contributed by atoms with Crippen LogP contribution in [0.3, 0.4) is 0 Å². The van der Waals surface area contributed by atoms with Crippen molar-refractivity contribution in [2.75, 3.05) is 6.54 Å². The van der Waals surface area contributed by atoms with Crippen LogP contribution in [0.4, 0.5) is 0 Å². The van der Waals surface area contributed by atoms with E-state index >= 15 is 0 Å². The van der Waals surface area contributed by atoms with Crippen molar-refractivity contribution in [2.24, 2.45) is 11.5 Å². The molecule has 0 saturated carbocycles. The molecule has 0 aliphatic heterocycles. The number of unbranched alkanes of at least 4 members (excludes halogenated alkanes) is 9. The van der Waals surface area contributed by atoms with Gasteiger partial charge in [-0.15, -0.1) is 0 Å². The summed E-state index contributed by atoms with van der Waals surface area (Å²) in [6, 6.07) is -0.716. The molecule has 0 amide bonds. The van der Waals surface area contributed by atoms with E-state index in [0.717, 1.165) is 38.5 Å². The Morgan fingerprint density at radius 2 is 1.37 bits per heavy atom. The van der Waals surface area contributed by atoms with Gasteiger partial charge in [0.15, 0.2) is 0 Å². The Hall–Kier alpha value is -1.66. The maximum Gasteiger partial charge on any atom is 0.320 e. The van der Waals surface area contributed by atoms with Crippen molar-refractivity contribution >= 4 is 11.9 Å². The van der Waals surface area contributed by atoms with E-state index in [0.29, 0.717) is 19.4 Å². The number of carboxylic acids is 2. The van der Waals surface area contributed by atoms with Crippen molar-refractivity contribution in [3.05, 3.63) is 24.3 Å². The third-order valence-electron chi connectivity index (χ3n) is 4.63. The Balaban J connectivity index is 0. The molecule has 0 fully saturated rings. The predicted octanol–water partition coefficient (Wildman–Crippen LogP) is 5.41. The SMILES string of the molecule is CCCCC/C=C\C/C=C\CCCCCCCC(=O)O.NCCCC[C@H](N)C(=O)O. The van der Waals surface area contributed by atoms with Crippen LogP contribution in [-0.2, 0) is 9.59 Å². The van der Waals surface area contributed by atoms with Crippen molar-refractivity contribution in [1.29, 1.82) is 0 Å². The fourth-order valence-electron chi connectivity index (χ4n) is 2.72. The molecule has 0 radical (unpaired) electrons. The fourth-order valence-corrected chi connectivity index (χ4v) is 2.72. The van der Waals surface area contributed by atoms with Crippen LogP contribution in [0.2, 0.25) is 0 Å². The van der Waals surface area contributed by atoms with Gasteiger partial charge < -0.3 is 21.7 Å². The van der Waals surface area contributed by atoms with Crippen LogP contribution in [0.5, 0.6) is 0 Å². The smallest absolute Gasteiger partial charge is 0.320 e. The zero-order chi connectivity index (χ0) is 22.9. The molecule has 0 saturated heterocycles. The molecule has 0 rings (SSSR count). The molecule has 0 heterocycles. The van der Waals surface area contributed by atoms with Gasteiger partial charge in [-0.1, -0.05) is 69.8 Å². The number of aliphatic carboxylic acids is 2. The highest BCUT2D eigenvalue weighted by Crippen LogP contribution is 2.08. The molecule has 1 atom stereocenters. The first-order valence-electron chi connectivity index (χ1n) is 11.7. The van der Waals surface area contributed by atoms with Crippen LogP contribution < -0.4 is 11.5 Å². The summed E-state index contributed by atoms with van der Waals surface area (Å²) in [4.78, 5) is 20.5. The van der Waals surface area contributed by atoms with Crippen LogP contribution in [-0.4, -0.2) is 34.7 Å². The molecular formula is C24H46N2O4. The summed E-state index contributed by atoms with van der Waals surface area (Å²) >= 11 is 0. The maximum absolute atomic E-state index is 10.3. The van der Waals surface area contributed by atoms with Crippen molar-refractivity contribution in [3.8, 4) is 0 Å². The quantitative estimate of drug-likeness (QED) is 0.161. The molecule has 0 spiro atoms. The first kappa shape index (κ1) is 30.5. The second-order valence-electron chi connectivity index (χ2n) is 7.60. The van der Waals surface area contributed by atoms with E-state index < -0.39 is 18.0 Å². The molecule has 0 unspecified atom stereocenters. The summed E-state index contributed by atoms with van der Waals surface area (Å²) in [5, 5.41) is 16.8. The molecule has 0 aromatic rings. The molecule has 0 aromatic carbocycles. The third kappa shape index (κ3) is 28.5. The lowest BCUT2D eigenvalue weighted by Gasteiger charge is -2.03. The second kappa shape index (κ2) is 25.4.